The van der Waals surface area contributed by atoms with Crippen LogP contribution >= 0.6 is 23.2 Å². The van der Waals surface area contributed by atoms with Gasteiger partial charge in [-0.15, -0.1) is 0 Å². The molecule has 3 rings (SSSR count). The lowest BCUT2D eigenvalue weighted by atomic mass is 10.2. The Labute approximate surface area is 157 Å². The third kappa shape index (κ3) is 4.01. The molecule has 134 valence electrons. The molecule has 26 heavy (non-hydrogen) atoms. The van der Waals surface area contributed by atoms with Crippen LogP contribution in [0.25, 0.3) is 0 Å². The van der Waals surface area contributed by atoms with Crippen molar-refractivity contribution in [2.45, 2.75) is 13.1 Å². The highest BCUT2D eigenvalue weighted by atomic mass is 35.5. The third-order valence-corrected chi connectivity index (χ3v) is 4.31. The molecule has 0 radical (unpaired) electrons. The number of benzene rings is 1. The van der Waals surface area contributed by atoms with E-state index in [0.717, 1.165) is 5.56 Å². The van der Waals surface area contributed by atoms with Gasteiger partial charge in [0.25, 0.3) is 0 Å². The summed E-state index contributed by atoms with van der Waals surface area (Å²) in [6.07, 6.45) is 2.90. The second kappa shape index (κ2) is 7.54. The van der Waals surface area contributed by atoms with Crippen molar-refractivity contribution < 1.29 is 9.72 Å². The maximum Gasteiger partial charge on any atom is 0.389 e. The Balaban J connectivity index is 1.69. The highest BCUT2D eigenvalue weighted by Gasteiger charge is 2.15. The molecule has 0 aliphatic rings. The molecule has 0 saturated heterocycles. The van der Waals surface area contributed by atoms with Crippen LogP contribution < -0.4 is 5.32 Å². The molecule has 11 heteroatoms. The van der Waals surface area contributed by atoms with Gasteiger partial charge in [-0.05, 0) is 16.6 Å². The molecule has 0 fully saturated rings. The SMILES string of the molecule is O=C(Cn1ccc([N+](=O)[O-])n1)Nc1ccnn1Cc1cccc(Cl)c1Cl. The van der Waals surface area contributed by atoms with Crippen LogP contribution in [0.3, 0.4) is 0 Å². The van der Waals surface area contributed by atoms with Crippen molar-refractivity contribution in [3.05, 3.63) is 68.4 Å². The fourth-order valence-corrected chi connectivity index (χ4v) is 2.64. The summed E-state index contributed by atoms with van der Waals surface area (Å²) in [5.74, 6) is -0.270. The fraction of sp³-hybridized carbons (Fsp3) is 0.133. The summed E-state index contributed by atoms with van der Waals surface area (Å²) in [6, 6.07) is 8.11. The van der Waals surface area contributed by atoms with Crippen LogP contribution in [-0.4, -0.2) is 30.4 Å². The first-order chi connectivity index (χ1) is 12.4. The first-order valence-corrected chi connectivity index (χ1v) is 8.12. The Hall–Kier alpha value is -2.91. The highest BCUT2D eigenvalue weighted by molar-refractivity contribution is 6.42. The molecule has 2 heterocycles. The Morgan fingerprint density at radius 3 is 2.81 bits per heavy atom. The number of nitrogens with zero attached hydrogens (tertiary/aromatic N) is 5. The van der Waals surface area contributed by atoms with Crippen LogP contribution in [0.15, 0.2) is 42.7 Å². The van der Waals surface area contributed by atoms with Gasteiger partial charge in [-0.2, -0.15) is 9.78 Å². The number of amides is 1. The van der Waals surface area contributed by atoms with Gasteiger partial charge in [-0.1, -0.05) is 35.3 Å². The lowest BCUT2D eigenvalue weighted by Crippen LogP contribution is -2.21. The van der Waals surface area contributed by atoms with Crippen molar-refractivity contribution in [1.29, 1.82) is 0 Å². The topological polar surface area (TPSA) is 108 Å². The molecule has 0 unspecified atom stereocenters. The van der Waals surface area contributed by atoms with Gasteiger partial charge in [0, 0.05) is 6.07 Å². The highest BCUT2D eigenvalue weighted by Crippen LogP contribution is 2.26. The van der Waals surface area contributed by atoms with Gasteiger partial charge in [0.2, 0.25) is 5.91 Å². The second-order valence-electron chi connectivity index (χ2n) is 5.26. The van der Waals surface area contributed by atoms with Crippen molar-refractivity contribution in [3.8, 4) is 0 Å². The van der Waals surface area contributed by atoms with Crippen molar-refractivity contribution in [1.82, 2.24) is 19.6 Å². The molecule has 3 aromatic rings. The number of hydrogen-bond donors (Lipinski definition) is 1. The van der Waals surface area contributed by atoms with E-state index in [-0.39, 0.29) is 12.4 Å². The van der Waals surface area contributed by atoms with E-state index in [1.54, 1.807) is 22.9 Å². The van der Waals surface area contributed by atoms with Crippen LogP contribution in [0.4, 0.5) is 11.6 Å². The average Bonchev–Trinajstić information content (AvgIpc) is 3.22. The summed E-state index contributed by atoms with van der Waals surface area (Å²) in [5.41, 5.74) is 0.751. The molecule has 0 aliphatic carbocycles. The van der Waals surface area contributed by atoms with Crippen molar-refractivity contribution >= 4 is 40.7 Å². The van der Waals surface area contributed by atoms with E-state index in [9.17, 15) is 14.9 Å². The minimum absolute atomic E-state index is 0.170. The fourth-order valence-electron chi connectivity index (χ4n) is 2.26. The van der Waals surface area contributed by atoms with Gasteiger partial charge < -0.3 is 15.4 Å². The number of anilines is 1. The van der Waals surface area contributed by atoms with Crippen molar-refractivity contribution in [2.24, 2.45) is 0 Å². The monoisotopic (exact) mass is 394 g/mol. The molecule has 0 spiro atoms. The Morgan fingerprint density at radius 2 is 2.08 bits per heavy atom. The summed E-state index contributed by atoms with van der Waals surface area (Å²) in [6.45, 7) is 0.145. The van der Waals surface area contributed by atoms with Crippen LogP contribution in [0.1, 0.15) is 5.56 Å². The molecule has 1 N–H and O–H groups in total. The zero-order valence-corrected chi connectivity index (χ0v) is 14.7. The first-order valence-electron chi connectivity index (χ1n) is 7.36. The normalized spacial score (nSPS) is 10.7. The summed E-state index contributed by atoms with van der Waals surface area (Å²) in [5, 5.41) is 22.0. The van der Waals surface area contributed by atoms with Crippen molar-refractivity contribution in [2.75, 3.05) is 5.32 Å². The molecular weight excluding hydrogens is 383 g/mol. The summed E-state index contributed by atoms with van der Waals surface area (Å²) >= 11 is 12.2. The Morgan fingerprint density at radius 1 is 1.27 bits per heavy atom. The molecule has 9 nitrogen and oxygen atoms in total. The number of nitro groups is 1. The molecule has 0 aliphatic heterocycles. The van der Waals surface area contributed by atoms with Gasteiger partial charge >= 0.3 is 5.82 Å². The number of rotatable bonds is 6. The van der Waals surface area contributed by atoms with E-state index in [2.05, 4.69) is 15.5 Å². The number of nitrogens with one attached hydrogen (secondary N) is 1. The zero-order chi connectivity index (χ0) is 18.7. The van der Waals surface area contributed by atoms with Gasteiger partial charge in [-0.3, -0.25) is 4.79 Å². The summed E-state index contributed by atoms with van der Waals surface area (Å²) in [4.78, 5) is 22.2. The minimum Gasteiger partial charge on any atom is -0.358 e. The maximum absolute atomic E-state index is 12.2. The largest absolute Gasteiger partial charge is 0.389 e. The van der Waals surface area contributed by atoms with Gasteiger partial charge in [-0.25, -0.2) is 4.68 Å². The average molecular weight is 395 g/mol. The minimum atomic E-state index is -0.627. The van der Waals surface area contributed by atoms with E-state index in [1.165, 1.54) is 23.1 Å². The predicted molar refractivity (Wildman–Crippen MR) is 95.3 cm³/mol. The molecule has 0 bridgehead atoms. The van der Waals surface area contributed by atoms with Crippen LogP contribution in [-0.2, 0) is 17.9 Å². The van der Waals surface area contributed by atoms with Gasteiger partial charge in [0.1, 0.15) is 12.4 Å². The van der Waals surface area contributed by atoms with E-state index >= 15 is 0 Å². The number of halogens is 2. The lowest BCUT2D eigenvalue weighted by Gasteiger charge is -2.10. The summed E-state index contributed by atoms with van der Waals surface area (Å²) < 4.78 is 2.74. The second-order valence-corrected chi connectivity index (χ2v) is 6.05. The molecular formula is C15H12Cl2N6O3. The molecule has 1 aromatic carbocycles. The number of hydrogen-bond acceptors (Lipinski definition) is 5. The molecule has 2 aromatic heterocycles. The number of carbonyl (C=O) groups excluding carboxylic acids is 1. The van der Waals surface area contributed by atoms with Crippen LogP contribution in [0, 0.1) is 10.1 Å². The van der Waals surface area contributed by atoms with E-state index < -0.39 is 10.8 Å². The molecule has 0 saturated carbocycles. The quantitative estimate of drug-likeness (QED) is 0.510. The summed E-state index contributed by atoms with van der Waals surface area (Å²) in [7, 11) is 0. The number of aromatic nitrogens is 4. The lowest BCUT2D eigenvalue weighted by molar-refractivity contribution is -0.389. The van der Waals surface area contributed by atoms with E-state index in [4.69, 9.17) is 23.2 Å². The standard InChI is InChI=1S/C15H12Cl2N6O3/c16-11-3-1-2-10(15(11)17)8-22-12(4-6-18-22)19-14(24)9-21-7-5-13(20-21)23(25)26/h1-7H,8-9H2,(H,19,24). The van der Waals surface area contributed by atoms with Gasteiger partial charge in [0.05, 0.1) is 40.1 Å². The predicted octanol–water partition coefficient (Wildman–Crippen LogP) is 2.98. The Kier molecular flexibility index (Phi) is 5.19. The van der Waals surface area contributed by atoms with Crippen LogP contribution in [0.5, 0.6) is 0 Å². The van der Waals surface area contributed by atoms with Crippen molar-refractivity contribution in [3.63, 3.8) is 0 Å². The van der Waals surface area contributed by atoms with E-state index in [1.807, 2.05) is 6.07 Å². The Bertz CT molecular complexity index is 968. The molecule has 0 atom stereocenters. The van der Waals surface area contributed by atoms with Crippen LogP contribution in [0.2, 0.25) is 10.0 Å². The third-order valence-electron chi connectivity index (χ3n) is 3.45. The number of carbonyl (C=O) groups is 1. The first kappa shape index (κ1) is 17.9. The smallest absolute Gasteiger partial charge is 0.358 e. The zero-order valence-electron chi connectivity index (χ0n) is 13.2. The van der Waals surface area contributed by atoms with Gasteiger partial charge in [0.15, 0.2) is 0 Å². The molecule has 1 amide bonds. The van der Waals surface area contributed by atoms with E-state index in [0.29, 0.717) is 22.4 Å². The maximum atomic E-state index is 12.2.